The number of para-hydroxylation sites is 2. The van der Waals surface area contributed by atoms with E-state index in [-0.39, 0.29) is 0 Å². The molecule has 260 valence electrons. The number of rotatable bonds is 4. The van der Waals surface area contributed by atoms with Crippen LogP contribution in [0.1, 0.15) is 0 Å². The Kier molecular flexibility index (Phi) is 6.56. The third kappa shape index (κ3) is 4.58. The van der Waals surface area contributed by atoms with Crippen molar-refractivity contribution in [3.05, 3.63) is 176 Å². The van der Waals surface area contributed by atoms with Gasteiger partial charge < -0.3 is 8.83 Å². The number of nitrogens with zero attached hydrogens (tertiary/aromatic N) is 3. The van der Waals surface area contributed by atoms with Gasteiger partial charge in [0.05, 0.1) is 0 Å². The zero-order valence-electron chi connectivity index (χ0n) is 29.9. The van der Waals surface area contributed by atoms with Crippen molar-refractivity contribution in [3.63, 3.8) is 0 Å². The van der Waals surface area contributed by atoms with E-state index in [9.17, 15) is 0 Å². The van der Waals surface area contributed by atoms with Gasteiger partial charge in [0, 0.05) is 54.7 Å². The fourth-order valence-electron chi connectivity index (χ4n) is 8.56. The van der Waals surface area contributed by atoms with Gasteiger partial charge in [-0.05, 0) is 45.1 Å². The Bertz CT molecular complexity index is 3550. The Morgan fingerprint density at radius 1 is 0.304 bits per heavy atom. The van der Waals surface area contributed by atoms with Gasteiger partial charge >= 0.3 is 0 Å². The molecule has 0 saturated heterocycles. The molecule has 0 fully saturated rings. The standard InChI is InChI=1S/C51H29N3O2/c1-2-14-31(15-3-1)49-52-50(54-51(53-49)43-29-32-16-5-6-17-33(32)35-19-8-9-20-36(35)43)42-25-12-26-44-45(42)41-24-11-23-38(48(41)55-44)37-21-10-22-39-40-28-27-30-13-4-7-18-34(30)46(40)56-47(37)39/h1-29H. The molecule has 0 bridgehead atoms. The van der Waals surface area contributed by atoms with E-state index in [4.69, 9.17) is 23.8 Å². The molecule has 5 nitrogen and oxygen atoms in total. The Hall–Kier alpha value is -7.63. The van der Waals surface area contributed by atoms with E-state index in [1.807, 2.05) is 42.5 Å². The zero-order valence-corrected chi connectivity index (χ0v) is 29.9. The quantitative estimate of drug-likeness (QED) is 0.170. The Morgan fingerprint density at radius 2 is 0.875 bits per heavy atom. The molecule has 0 N–H and O–H groups in total. The van der Waals surface area contributed by atoms with Crippen LogP contribution in [0.15, 0.2) is 185 Å². The molecule has 12 rings (SSSR count). The molecule has 56 heavy (non-hydrogen) atoms. The molecule has 5 heteroatoms. The van der Waals surface area contributed by atoms with Crippen LogP contribution in [-0.4, -0.2) is 15.0 Å². The van der Waals surface area contributed by atoms with Crippen molar-refractivity contribution in [1.82, 2.24) is 15.0 Å². The van der Waals surface area contributed by atoms with E-state index >= 15 is 0 Å². The molecular formula is C51H29N3O2. The minimum atomic E-state index is 0.580. The average Bonchev–Trinajstić information content (AvgIpc) is 3.86. The van der Waals surface area contributed by atoms with Crippen LogP contribution in [0.2, 0.25) is 0 Å². The molecule has 3 aromatic heterocycles. The lowest BCUT2D eigenvalue weighted by Gasteiger charge is -2.12. The fraction of sp³-hybridized carbons (Fsp3) is 0. The van der Waals surface area contributed by atoms with Crippen molar-refractivity contribution in [1.29, 1.82) is 0 Å². The highest BCUT2D eigenvalue weighted by atomic mass is 16.3. The summed E-state index contributed by atoms with van der Waals surface area (Å²) in [6.45, 7) is 0. The third-order valence-electron chi connectivity index (χ3n) is 11.1. The van der Waals surface area contributed by atoms with Gasteiger partial charge in [0.25, 0.3) is 0 Å². The predicted octanol–water partition coefficient (Wildman–Crippen LogP) is 13.8. The van der Waals surface area contributed by atoms with Gasteiger partial charge in [-0.3, -0.25) is 0 Å². The first-order valence-electron chi connectivity index (χ1n) is 18.8. The predicted molar refractivity (Wildman–Crippen MR) is 229 cm³/mol. The number of aromatic nitrogens is 3. The Labute approximate surface area is 320 Å². The summed E-state index contributed by atoms with van der Waals surface area (Å²) in [6.07, 6.45) is 0. The van der Waals surface area contributed by atoms with Crippen molar-refractivity contribution in [2.45, 2.75) is 0 Å². The molecule has 0 saturated carbocycles. The second kappa shape index (κ2) is 11.9. The van der Waals surface area contributed by atoms with Crippen LogP contribution in [0.4, 0.5) is 0 Å². The largest absolute Gasteiger partial charge is 0.455 e. The molecule has 0 atom stereocenters. The summed E-state index contributed by atoms with van der Waals surface area (Å²) in [5.74, 6) is 1.80. The molecule has 0 spiro atoms. The van der Waals surface area contributed by atoms with E-state index < -0.39 is 0 Å². The molecule has 0 aliphatic heterocycles. The molecule has 12 aromatic rings. The van der Waals surface area contributed by atoms with Crippen LogP contribution in [0, 0.1) is 0 Å². The summed E-state index contributed by atoms with van der Waals surface area (Å²) < 4.78 is 13.6. The molecule has 0 unspecified atom stereocenters. The lowest BCUT2D eigenvalue weighted by Crippen LogP contribution is -2.01. The van der Waals surface area contributed by atoms with Crippen LogP contribution < -0.4 is 0 Å². The molecule has 0 radical (unpaired) electrons. The minimum Gasteiger partial charge on any atom is -0.455 e. The van der Waals surface area contributed by atoms with E-state index in [1.54, 1.807) is 0 Å². The monoisotopic (exact) mass is 715 g/mol. The summed E-state index contributed by atoms with van der Waals surface area (Å²) in [6, 6.07) is 60.8. The first-order chi connectivity index (χ1) is 27.8. The van der Waals surface area contributed by atoms with E-state index in [0.717, 1.165) is 98.6 Å². The van der Waals surface area contributed by atoms with Gasteiger partial charge in [-0.15, -0.1) is 0 Å². The van der Waals surface area contributed by atoms with Crippen molar-refractivity contribution in [2.24, 2.45) is 0 Å². The average molecular weight is 716 g/mol. The highest BCUT2D eigenvalue weighted by Gasteiger charge is 2.22. The van der Waals surface area contributed by atoms with Gasteiger partial charge in [-0.2, -0.15) is 0 Å². The van der Waals surface area contributed by atoms with Crippen LogP contribution in [0.3, 0.4) is 0 Å². The maximum atomic E-state index is 6.82. The second-order valence-electron chi connectivity index (χ2n) is 14.3. The smallest absolute Gasteiger partial charge is 0.164 e. The fourth-order valence-corrected chi connectivity index (χ4v) is 8.56. The van der Waals surface area contributed by atoms with Crippen LogP contribution in [-0.2, 0) is 0 Å². The van der Waals surface area contributed by atoms with Crippen LogP contribution in [0.25, 0.3) is 121 Å². The molecule has 0 aliphatic carbocycles. The number of benzene rings is 9. The highest BCUT2D eigenvalue weighted by Crippen LogP contribution is 2.44. The summed E-state index contributed by atoms with van der Waals surface area (Å²) in [4.78, 5) is 15.6. The molecular weight excluding hydrogens is 687 g/mol. The first kappa shape index (κ1) is 30.8. The number of hydrogen-bond acceptors (Lipinski definition) is 5. The Balaban J connectivity index is 1.10. The summed E-state index contributed by atoms with van der Waals surface area (Å²) in [5.41, 5.74) is 7.95. The van der Waals surface area contributed by atoms with Crippen molar-refractivity contribution >= 4 is 76.2 Å². The normalized spacial score (nSPS) is 11.9. The van der Waals surface area contributed by atoms with Gasteiger partial charge in [-0.1, -0.05) is 158 Å². The number of furan rings is 2. The van der Waals surface area contributed by atoms with Crippen molar-refractivity contribution in [3.8, 4) is 45.3 Å². The van der Waals surface area contributed by atoms with Gasteiger partial charge in [0.2, 0.25) is 0 Å². The van der Waals surface area contributed by atoms with Gasteiger partial charge in [0.15, 0.2) is 17.5 Å². The number of fused-ring (bicyclic) bond motifs is 11. The van der Waals surface area contributed by atoms with Crippen molar-refractivity contribution < 1.29 is 8.83 Å². The van der Waals surface area contributed by atoms with E-state index in [1.165, 1.54) is 5.39 Å². The van der Waals surface area contributed by atoms with Crippen LogP contribution in [0.5, 0.6) is 0 Å². The number of hydrogen-bond donors (Lipinski definition) is 0. The molecule has 0 aliphatic rings. The van der Waals surface area contributed by atoms with Gasteiger partial charge in [0.1, 0.15) is 22.3 Å². The maximum Gasteiger partial charge on any atom is 0.164 e. The van der Waals surface area contributed by atoms with Gasteiger partial charge in [-0.25, -0.2) is 15.0 Å². The van der Waals surface area contributed by atoms with E-state index in [2.05, 4.69) is 133 Å². The summed E-state index contributed by atoms with van der Waals surface area (Å²) >= 11 is 0. The molecule has 9 aromatic carbocycles. The molecule has 0 amide bonds. The van der Waals surface area contributed by atoms with Crippen LogP contribution >= 0.6 is 0 Å². The summed E-state index contributed by atoms with van der Waals surface area (Å²) in [7, 11) is 0. The maximum absolute atomic E-state index is 6.82. The lowest BCUT2D eigenvalue weighted by molar-refractivity contribution is 0.666. The zero-order chi connectivity index (χ0) is 36.7. The summed E-state index contributed by atoms with van der Waals surface area (Å²) in [5, 5.41) is 10.9. The lowest BCUT2D eigenvalue weighted by atomic mass is 9.96. The SMILES string of the molecule is c1ccc(-c2nc(-c3cc4ccccc4c4ccccc34)nc(-c3cccc4oc5c(-c6cccc7c6oc6c8ccccc8ccc76)cccc5c34)n2)cc1. The van der Waals surface area contributed by atoms with E-state index in [0.29, 0.717) is 17.5 Å². The topological polar surface area (TPSA) is 65.0 Å². The molecule has 3 heterocycles. The van der Waals surface area contributed by atoms with Crippen molar-refractivity contribution in [2.75, 3.05) is 0 Å². The Morgan fingerprint density at radius 3 is 1.70 bits per heavy atom. The minimum absolute atomic E-state index is 0.580. The second-order valence-corrected chi connectivity index (χ2v) is 14.3. The first-order valence-corrected chi connectivity index (χ1v) is 18.8. The third-order valence-corrected chi connectivity index (χ3v) is 11.1. The highest BCUT2D eigenvalue weighted by molar-refractivity contribution is 6.20.